The third-order valence-electron chi connectivity index (χ3n) is 2.87. The van der Waals surface area contributed by atoms with Gasteiger partial charge in [0.25, 0.3) is 0 Å². The smallest absolute Gasteiger partial charge is 0.0931 e. The Morgan fingerprint density at radius 3 is 2.72 bits per heavy atom. The Labute approximate surface area is 120 Å². The van der Waals surface area contributed by atoms with Gasteiger partial charge < -0.3 is 10.2 Å². The van der Waals surface area contributed by atoms with Crippen molar-refractivity contribution in [3.05, 3.63) is 21.3 Å². The number of hydrogen-bond acceptors (Lipinski definition) is 3. The zero-order valence-electron chi connectivity index (χ0n) is 11.5. The van der Waals surface area contributed by atoms with Crippen molar-refractivity contribution in [1.82, 2.24) is 10.2 Å². The van der Waals surface area contributed by atoms with Crippen LogP contribution in [0.2, 0.25) is 4.34 Å². The Kier molecular flexibility index (Phi) is 8.68. The highest BCUT2D eigenvalue weighted by Crippen LogP contribution is 2.22. The summed E-state index contributed by atoms with van der Waals surface area (Å²) in [5.74, 6) is 0. The monoisotopic (exact) mass is 288 g/mol. The van der Waals surface area contributed by atoms with Crippen LogP contribution in [0.15, 0.2) is 12.1 Å². The fourth-order valence-electron chi connectivity index (χ4n) is 1.89. The second-order valence-electron chi connectivity index (χ2n) is 4.75. The first-order chi connectivity index (χ1) is 8.72. The molecule has 1 heterocycles. The van der Waals surface area contributed by atoms with E-state index < -0.39 is 0 Å². The quantitative estimate of drug-likeness (QED) is 0.655. The zero-order chi connectivity index (χ0) is 13.2. The second kappa shape index (κ2) is 9.79. The number of nitrogens with one attached hydrogen (secondary N) is 1. The molecule has 0 radical (unpaired) electrons. The van der Waals surface area contributed by atoms with Crippen LogP contribution in [-0.2, 0) is 6.54 Å². The molecule has 104 valence electrons. The molecule has 0 unspecified atom stereocenters. The summed E-state index contributed by atoms with van der Waals surface area (Å²) in [5.41, 5.74) is 0. The molecule has 0 aromatic carbocycles. The van der Waals surface area contributed by atoms with Crippen molar-refractivity contribution >= 4 is 22.9 Å². The van der Waals surface area contributed by atoms with Crippen LogP contribution in [0.1, 0.15) is 37.5 Å². The molecule has 0 aliphatic carbocycles. The number of hydrogen-bond donors (Lipinski definition) is 1. The van der Waals surface area contributed by atoms with Crippen LogP contribution >= 0.6 is 22.9 Å². The molecule has 2 nitrogen and oxygen atoms in total. The van der Waals surface area contributed by atoms with E-state index in [2.05, 4.69) is 30.3 Å². The summed E-state index contributed by atoms with van der Waals surface area (Å²) < 4.78 is 0.889. The van der Waals surface area contributed by atoms with Crippen molar-refractivity contribution in [3.8, 4) is 0 Å². The lowest BCUT2D eigenvalue weighted by Gasteiger charge is -2.15. The standard InChI is InChI=1S/C14H25ClN2S/c1-3-9-16-10-5-4-6-11-17(2)12-13-7-8-14(15)18-13/h7-8,16H,3-6,9-12H2,1-2H3. The number of thiophene rings is 1. The molecule has 0 saturated carbocycles. The molecule has 0 aliphatic rings. The fourth-order valence-corrected chi connectivity index (χ4v) is 3.06. The van der Waals surface area contributed by atoms with E-state index in [1.165, 1.54) is 37.1 Å². The van der Waals surface area contributed by atoms with Gasteiger partial charge in [0, 0.05) is 11.4 Å². The second-order valence-corrected chi connectivity index (χ2v) is 6.55. The fraction of sp³-hybridized carbons (Fsp3) is 0.714. The van der Waals surface area contributed by atoms with Gasteiger partial charge in [0.2, 0.25) is 0 Å². The maximum Gasteiger partial charge on any atom is 0.0931 e. The number of halogens is 1. The van der Waals surface area contributed by atoms with E-state index in [9.17, 15) is 0 Å². The van der Waals surface area contributed by atoms with E-state index in [-0.39, 0.29) is 0 Å². The molecular formula is C14H25ClN2S. The van der Waals surface area contributed by atoms with E-state index in [0.29, 0.717) is 0 Å². The van der Waals surface area contributed by atoms with Crippen molar-refractivity contribution in [3.63, 3.8) is 0 Å². The van der Waals surface area contributed by atoms with Gasteiger partial charge in [-0.15, -0.1) is 11.3 Å². The van der Waals surface area contributed by atoms with Crippen LogP contribution < -0.4 is 5.32 Å². The summed E-state index contributed by atoms with van der Waals surface area (Å²) in [7, 11) is 2.18. The van der Waals surface area contributed by atoms with Crippen LogP contribution in [0.25, 0.3) is 0 Å². The van der Waals surface area contributed by atoms with Gasteiger partial charge in [-0.25, -0.2) is 0 Å². The highest BCUT2D eigenvalue weighted by atomic mass is 35.5. The Morgan fingerprint density at radius 2 is 2.06 bits per heavy atom. The molecule has 0 atom stereocenters. The molecule has 4 heteroatoms. The SMILES string of the molecule is CCCNCCCCCN(C)Cc1ccc(Cl)s1. The minimum absolute atomic E-state index is 0.889. The molecule has 0 fully saturated rings. The molecule has 1 rings (SSSR count). The maximum atomic E-state index is 5.92. The first kappa shape index (κ1) is 16.0. The molecule has 0 bridgehead atoms. The lowest BCUT2D eigenvalue weighted by Crippen LogP contribution is -2.19. The molecule has 0 spiro atoms. The summed E-state index contributed by atoms with van der Waals surface area (Å²) in [4.78, 5) is 3.73. The van der Waals surface area contributed by atoms with Crippen molar-refractivity contribution in [2.75, 3.05) is 26.7 Å². The van der Waals surface area contributed by atoms with Gasteiger partial charge in [-0.2, -0.15) is 0 Å². The maximum absolute atomic E-state index is 5.92. The first-order valence-electron chi connectivity index (χ1n) is 6.86. The number of unbranched alkanes of at least 4 members (excludes halogenated alkanes) is 2. The van der Waals surface area contributed by atoms with E-state index >= 15 is 0 Å². The van der Waals surface area contributed by atoms with Crippen LogP contribution in [-0.4, -0.2) is 31.6 Å². The van der Waals surface area contributed by atoms with Gasteiger partial charge in [0.15, 0.2) is 0 Å². The molecule has 18 heavy (non-hydrogen) atoms. The van der Waals surface area contributed by atoms with Crippen LogP contribution in [0.5, 0.6) is 0 Å². The van der Waals surface area contributed by atoms with Crippen molar-refractivity contribution in [2.45, 2.75) is 39.2 Å². The normalized spacial score (nSPS) is 11.3. The van der Waals surface area contributed by atoms with E-state index in [0.717, 1.165) is 24.0 Å². The first-order valence-corrected chi connectivity index (χ1v) is 8.05. The summed E-state index contributed by atoms with van der Waals surface area (Å²) >= 11 is 7.61. The molecular weight excluding hydrogens is 264 g/mol. The van der Waals surface area contributed by atoms with Crippen LogP contribution in [0.4, 0.5) is 0 Å². The molecule has 1 N–H and O–H groups in total. The number of nitrogens with zero attached hydrogens (tertiary/aromatic N) is 1. The highest BCUT2D eigenvalue weighted by molar-refractivity contribution is 7.16. The van der Waals surface area contributed by atoms with Gasteiger partial charge in [0.1, 0.15) is 0 Å². The topological polar surface area (TPSA) is 15.3 Å². The summed E-state index contributed by atoms with van der Waals surface area (Å²) in [6.07, 6.45) is 5.11. The van der Waals surface area contributed by atoms with Crippen molar-refractivity contribution in [2.24, 2.45) is 0 Å². The average molecular weight is 289 g/mol. The van der Waals surface area contributed by atoms with Crippen LogP contribution in [0.3, 0.4) is 0 Å². The lowest BCUT2D eigenvalue weighted by molar-refractivity contribution is 0.319. The van der Waals surface area contributed by atoms with Gasteiger partial charge >= 0.3 is 0 Å². The lowest BCUT2D eigenvalue weighted by atomic mass is 10.2. The third kappa shape index (κ3) is 7.37. The molecule has 1 aromatic heterocycles. The summed E-state index contributed by atoms with van der Waals surface area (Å²) in [6, 6.07) is 4.10. The highest BCUT2D eigenvalue weighted by Gasteiger charge is 2.02. The van der Waals surface area contributed by atoms with Gasteiger partial charge in [-0.05, 0) is 58.1 Å². The van der Waals surface area contributed by atoms with E-state index in [1.807, 2.05) is 6.07 Å². The third-order valence-corrected chi connectivity index (χ3v) is 4.09. The average Bonchev–Trinajstić information content (AvgIpc) is 2.73. The molecule has 0 saturated heterocycles. The minimum atomic E-state index is 0.889. The molecule has 1 aromatic rings. The predicted octanol–water partition coefficient (Wildman–Crippen LogP) is 4.00. The van der Waals surface area contributed by atoms with E-state index in [4.69, 9.17) is 11.6 Å². The van der Waals surface area contributed by atoms with E-state index in [1.54, 1.807) is 11.3 Å². The largest absolute Gasteiger partial charge is 0.317 e. The van der Waals surface area contributed by atoms with Gasteiger partial charge in [-0.1, -0.05) is 24.9 Å². The van der Waals surface area contributed by atoms with Crippen LogP contribution in [0, 0.1) is 0 Å². The van der Waals surface area contributed by atoms with Crippen molar-refractivity contribution in [1.29, 1.82) is 0 Å². The Bertz CT molecular complexity index is 314. The Balaban J connectivity index is 1.98. The van der Waals surface area contributed by atoms with Crippen molar-refractivity contribution < 1.29 is 0 Å². The molecule has 0 aliphatic heterocycles. The molecule has 0 amide bonds. The van der Waals surface area contributed by atoms with Gasteiger partial charge in [-0.3, -0.25) is 0 Å². The zero-order valence-corrected chi connectivity index (χ0v) is 13.1. The Hall–Kier alpha value is -0.0900. The summed E-state index contributed by atoms with van der Waals surface area (Å²) in [5, 5.41) is 3.44. The predicted molar refractivity (Wildman–Crippen MR) is 82.7 cm³/mol. The Morgan fingerprint density at radius 1 is 1.22 bits per heavy atom. The summed E-state index contributed by atoms with van der Waals surface area (Å²) in [6.45, 7) is 6.71. The van der Waals surface area contributed by atoms with Gasteiger partial charge in [0.05, 0.1) is 4.34 Å². The number of rotatable bonds is 10. The minimum Gasteiger partial charge on any atom is -0.317 e.